The molecule has 4 N–H and O–H groups in total. The van der Waals surface area contributed by atoms with Crippen LogP contribution in [-0.2, 0) is 4.74 Å². The molecule has 0 unspecified atom stereocenters. The van der Waals surface area contributed by atoms with Crippen LogP contribution >= 0.6 is 0 Å². The fraction of sp³-hybridized carbons (Fsp3) is 0.231. The molecule has 3 heterocycles. The summed E-state index contributed by atoms with van der Waals surface area (Å²) in [7, 11) is 0. The first kappa shape index (κ1) is 23.4. The van der Waals surface area contributed by atoms with E-state index in [9.17, 15) is 20.4 Å². The molecule has 34 heavy (non-hydrogen) atoms. The molecule has 1 saturated heterocycles. The number of pyridine rings is 2. The predicted molar refractivity (Wildman–Crippen MR) is 121 cm³/mol. The van der Waals surface area contributed by atoms with Gasteiger partial charge in [-0.15, -0.1) is 0 Å². The number of rotatable bonds is 3. The van der Waals surface area contributed by atoms with Crippen molar-refractivity contribution in [2.75, 3.05) is 6.61 Å². The van der Waals surface area contributed by atoms with E-state index < -0.39 is 37.3 Å². The molecule has 3 aromatic rings. The Labute approximate surface area is 196 Å². The van der Waals surface area contributed by atoms with Crippen molar-refractivity contribution in [1.29, 1.82) is 0 Å². The van der Waals surface area contributed by atoms with Crippen LogP contribution in [0.3, 0.4) is 0 Å². The summed E-state index contributed by atoms with van der Waals surface area (Å²) in [6.45, 7) is -0.551. The molecule has 0 amide bonds. The normalized spacial score (nSPS) is 23.7. The molecule has 8 nitrogen and oxygen atoms in total. The highest BCUT2D eigenvalue weighted by Gasteiger charge is 2.44. The number of nitrogens with zero attached hydrogens (tertiary/aromatic N) is 2. The van der Waals surface area contributed by atoms with Crippen LogP contribution in [0.1, 0.15) is 22.3 Å². The summed E-state index contributed by atoms with van der Waals surface area (Å²) in [5, 5.41) is 39.8. The third-order valence-corrected chi connectivity index (χ3v) is 5.07. The van der Waals surface area contributed by atoms with Gasteiger partial charge < -0.3 is 29.9 Å². The molecule has 172 valence electrons. The van der Waals surface area contributed by atoms with Crippen molar-refractivity contribution in [2.45, 2.75) is 30.7 Å². The maximum atomic E-state index is 10.3. The van der Waals surface area contributed by atoms with E-state index in [1.54, 1.807) is 67.3 Å². The van der Waals surface area contributed by atoms with Gasteiger partial charge in [-0.05, 0) is 42.5 Å². The predicted octanol–water partition coefficient (Wildman–Crippen LogP) is 0.455. The molecular weight excluding hydrogens is 436 g/mol. The molecule has 1 aliphatic heterocycles. The molecule has 2 aromatic heterocycles. The van der Waals surface area contributed by atoms with Crippen LogP contribution in [0.4, 0.5) is 0 Å². The monoisotopic (exact) mass is 458 g/mol. The Balaban J connectivity index is 1.65. The lowest BCUT2D eigenvalue weighted by atomic mass is 9.99. The summed E-state index contributed by atoms with van der Waals surface area (Å²) in [5.74, 6) is 12.5. The fourth-order valence-electron chi connectivity index (χ4n) is 3.27. The quantitative estimate of drug-likeness (QED) is 0.417. The van der Waals surface area contributed by atoms with Gasteiger partial charge in [-0.2, -0.15) is 0 Å². The second kappa shape index (κ2) is 10.9. The lowest BCUT2D eigenvalue weighted by Gasteiger charge is -2.39. The Bertz CT molecular complexity index is 1150. The van der Waals surface area contributed by atoms with Crippen molar-refractivity contribution in [3.8, 4) is 29.4 Å². The Morgan fingerprint density at radius 1 is 0.706 bits per heavy atom. The third-order valence-electron chi connectivity index (χ3n) is 5.07. The summed E-state index contributed by atoms with van der Waals surface area (Å²) in [5.41, 5.74) is 2.75. The van der Waals surface area contributed by atoms with Crippen molar-refractivity contribution in [2.24, 2.45) is 0 Å². The molecule has 0 spiro atoms. The van der Waals surface area contributed by atoms with Crippen molar-refractivity contribution in [1.82, 2.24) is 9.97 Å². The van der Waals surface area contributed by atoms with Crippen molar-refractivity contribution in [3.63, 3.8) is 0 Å². The van der Waals surface area contributed by atoms with E-state index in [0.29, 0.717) is 11.1 Å². The molecule has 0 bridgehead atoms. The van der Waals surface area contributed by atoms with Gasteiger partial charge in [0.25, 0.3) is 0 Å². The highest BCUT2D eigenvalue weighted by atomic mass is 16.7. The van der Waals surface area contributed by atoms with Gasteiger partial charge in [-0.25, -0.2) is 0 Å². The molecule has 1 aromatic carbocycles. The van der Waals surface area contributed by atoms with Gasteiger partial charge in [0.05, 0.1) is 6.61 Å². The van der Waals surface area contributed by atoms with Crippen LogP contribution in [0, 0.1) is 23.7 Å². The van der Waals surface area contributed by atoms with Crippen LogP contribution in [0.5, 0.6) is 5.75 Å². The molecule has 0 radical (unpaired) electrons. The molecule has 5 atom stereocenters. The van der Waals surface area contributed by atoms with E-state index in [4.69, 9.17) is 9.47 Å². The van der Waals surface area contributed by atoms with Crippen LogP contribution in [0.2, 0.25) is 0 Å². The first-order valence-electron chi connectivity index (χ1n) is 10.5. The SMILES string of the molecule is OC[C@H]1O[C@@H](Oc2cc(C#Cc3ccncc3)cc(C#Cc3ccncc3)c2)[C@H](O)[C@@H](O)[C@@H]1O. The number of benzene rings is 1. The van der Waals surface area contributed by atoms with Gasteiger partial charge in [-0.1, -0.05) is 23.7 Å². The van der Waals surface area contributed by atoms with E-state index in [2.05, 4.69) is 33.6 Å². The van der Waals surface area contributed by atoms with E-state index in [0.717, 1.165) is 11.1 Å². The number of hydrogen-bond donors (Lipinski definition) is 4. The van der Waals surface area contributed by atoms with Crippen molar-refractivity contribution < 1.29 is 29.9 Å². The fourth-order valence-corrected chi connectivity index (χ4v) is 3.27. The minimum Gasteiger partial charge on any atom is -0.462 e. The van der Waals surface area contributed by atoms with Crippen LogP contribution in [0.15, 0.2) is 67.3 Å². The van der Waals surface area contributed by atoms with Crippen LogP contribution < -0.4 is 4.74 Å². The van der Waals surface area contributed by atoms with Gasteiger partial charge in [-0.3, -0.25) is 9.97 Å². The Morgan fingerprint density at radius 3 is 1.71 bits per heavy atom. The first-order chi connectivity index (χ1) is 16.5. The maximum Gasteiger partial charge on any atom is 0.229 e. The summed E-state index contributed by atoms with van der Waals surface area (Å²) >= 11 is 0. The molecule has 1 aliphatic rings. The van der Waals surface area contributed by atoms with Gasteiger partial charge in [0, 0.05) is 47.0 Å². The molecule has 4 rings (SSSR count). The largest absolute Gasteiger partial charge is 0.462 e. The average Bonchev–Trinajstić information content (AvgIpc) is 2.88. The van der Waals surface area contributed by atoms with Gasteiger partial charge in [0.15, 0.2) is 0 Å². The number of aliphatic hydroxyl groups excluding tert-OH is 4. The van der Waals surface area contributed by atoms with E-state index in [-0.39, 0.29) is 5.75 Å². The number of hydrogen-bond acceptors (Lipinski definition) is 8. The summed E-state index contributed by atoms with van der Waals surface area (Å²) in [6.07, 6.45) is -0.360. The van der Waals surface area contributed by atoms with E-state index >= 15 is 0 Å². The summed E-state index contributed by atoms with van der Waals surface area (Å²) in [6, 6.07) is 12.2. The number of ether oxygens (including phenoxy) is 2. The molecule has 8 heteroatoms. The first-order valence-corrected chi connectivity index (χ1v) is 10.5. The average molecular weight is 458 g/mol. The molecular formula is C26H22N2O6. The molecule has 0 saturated carbocycles. The van der Waals surface area contributed by atoms with Gasteiger partial charge in [0.2, 0.25) is 6.29 Å². The second-order valence-electron chi connectivity index (χ2n) is 7.53. The standard InChI is InChI=1S/C26H22N2O6/c29-16-22-23(30)24(31)25(32)26(34-22)33-21-14-19(3-1-17-5-9-27-10-6-17)13-20(15-21)4-2-18-7-11-28-12-8-18/h5-15,22-26,29-32H,16H2/t22-,23-,24+,25-,26-/m1/s1. The topological polar surface area (TPSA) is 125 Å². The van der Waals surface area contributed by atoms with Crippen LogP contribution in [-0.4, -0.2) is 67.7 Å². The van der Waals surface area contributed by atoms with Crippen LogP contribution in [0.25, 0.3) is 0 Å². The summed E-state index contributed by atoms with van der Waals surface area (Å²) in [4.78, 5) is 7.95. The Hall–Kier alpha value is -3.76. The van der Waals surface area contributed by atoms with Crippen molar-refractivity contribution >= 4 is 0 Å². The molecule has 1 fully saturated rings. The lowest BCUT2D eigenvalue weighted by Crippen LogP contribution is -2.60. The summed E-state index contributed by atoms with van der Waals surface area (Å²) < 4.78 is 11.2. The number of aliphatic hydroxyl groups is 4. The Kier molecular flexibility index (Phi) is 7.51. The Morgan fingerprint density at radius 2 is 1.21 bits per heavy atom. The molecule has 0 aliphatic carbocycles. The van der Waals surface area contributed by atoms with E-state index in [1.807, 2.05) is 0 Å². The lowest BCUT2D eigenvalue weighted by molar-refractivity contribution is -0.277. The minimum atomic E-state index is -1.54. The zero-order valence-electron chi connectivity index (χ0n) is 17.9. The minimum absolute atomic E-state index is 0.282. The zero-order valence-corrected chi connectivity index (χ0v) is 17.9. The smallest absolute Gasteiger partial charge is 0.229 e. The number of aromatic nitrogens is 2. The van der Waals surface area contributed by atoms with Gasteiger partial charge >= 0.3 is 0 Å². The third kappa shape index (κ3) is 5.77. The highest BCUT2D eigenvalue weighted by Crippen LogP contribution is 2.25. The second-order valence-corrected chi connectivity index (χ2v) is 7.53. The zero-order chi connectivity index (χ0) is 23.9. The van der Waals surface area contributed by atoms with E-state index in [1.165, 1.54) is 0 Å². The van der Waals surface area contributed by atoms with Gasteiger partial charge in [0.1, 0.15) is 30.2 Å². The maximum absolute atomic E-state index is 10.3. The highest BCUT2D eigenvalue weighted by molar-refractivity contribution is 5.52. The van der Waals surface area contributed by atoms with Crippen molar-refractivity contribution in [3.05, 3.63) is 89.5 Å².